The Kier molecular flexibility index (Phi) is 7.75. The van der Waals surface area contributed by atoms with E-state index in [0.717, 1.165) is 65.5 Å². The van der Waals surface area contributed by atoms with Gasteiger partial charge in [0.1, 0.15) is 0 Å². The third-order valence-electron chi connectivity index (χ3n) is 7.74. The largest absolute Gasteiger partial charge is 0.378 e. The van der Waals surface area contributed by atoms with Crippen LogP contribution < -0.4 is 15.1 Å². The number of ketones is 1. The fraction of sp³-hybridized carbons (Fsp3) is 0.200. The van der Waals surface area contributed by atoms with E-state index in [4.69, 9.17) is 4.74 Å². The van der Waals surface area contributed by atoms with Gasteiger partial charge in [0.2, 0.25) is 0 Å². The zero-order valence-corrected chi connectivity index (χ0v) is 23.9. The molecule has 1 fully saturated rings. The van der Waals surface area contributed by atoms with Gasteiger partial charge in [0.15, 0.2) is 5.78 Å². The van der Waals surface area contributed by atoms with E-state index in [0.29, 0.717) is 17.5 Å². The lowest BCUT2D eigenvalue weighted by Gasteiger charge is -2.28. The summed E-state index contributed by atoms with van der Waals surface area (Å²) >= 11 is 0. The van der Waals surface area contributed by atoms with Gasteiger partial charge in [-0.05, 0) is 90.5 Å². The summed E-state index contributed by atoms with van der Waals surface area (Å²) in [6, 6.07) is 31.5. The Morgan fingerprint density at radius 1 is 0.786 bits per heavy atom. The number of hydrogen-bond acceptors (Lipinski definition) is 5. The van der Waals surface area contributed by atoms with Crippen LogP contribution in [-0.2, 0) is 11.2 Å². The van der Waals surface area contributed by atoms with Crippen molar-refractivity contribution in [2.24, 2.45) is 0 Å². The molecule has 42 heavy (non-hydrogen) atoms. The van der Waals surface area contributed by atoms with Crippen molar-refractivity contribution in [3.05, 3.63) is 120 Å². The molecule has 0 atom stereocenters. The van der Waals surface area contributed by atoms with Gasteiger partial charge in [-0.15, -0.1) is 0 Å². The average molecular weight is 559 g/mol. The normalized spacial score (nSPS) is 13.2. The molecule has 1 aliphatic rings. The predicted molar refractivity (Wildman–Crippen MR) is 170 cm³/mol. The fourth-order valence-corrected chi connectivity index (χ4v) is 5.30. The van der Waals surface area contributed by atoms with E-state index in [1.165, 1.54) is 0 Å². The lowest BCUT2D eigenvalue weighted by Crippen LogP contribution is -2.36. The summed E-state index contributed by atoms with van der Waals surface area (Å²) in [5.74, 6) is -0.0486. The van der Waals surface area contributed by atoms with Crippen LogP contribution in [0.4, 0.5) is 17.1 Å². The van der Waals surface area contributed by atoms with Crippen LogP contribution in [0, 0.1) is 0 Å². The van der Waals surface area contributed by atoms with Crippen molar-refractivity contribution >= 4 is 39.7 Å². The zero-order chi connectivity index (χ0) is 29.1. The van der Waals surface area contributed by atoms with Gasteiger partial charge in [-0.25, -0.2) is 0 Å². The number of amides is 1. The smallest absolute Gasteiger partial charge is 0.255 e. The molecule has 0 saturated carbocycles. The number of nitrogens with zero attached hydrogens (tertiary/aromatic N) is 3. The minimum Gasteiger partial charge on any atom is -0.378 e. The second kappa shape index (κ2) is 11.9. The molecule has 0 bridgehead atoms. The van der Waals surface area contributed by atoms with E-state index in [2.05, 4.69) is 14.8 Å². The maximum Gasteiger partial charge on any atom is 0.255 e. The zero-order valence-electron chi connectivity index (χ0n) is 23.9. The number of Topliss-reactive ketones (excluding diaryl/α,β-unsaturated/α-hetero) is 1. The summed E-state index contributed by atoms with van der Waals surface area (Å²) < 4.78 is 7.52. The lowest BCUT2D eigenvalue weighted by molar-refractivity contribution is 0.0991. The highest BCUT2D eigenvalue weighted by Gasteiger charge is 2.13. The molecule has 2 heterocycles. The molecule has 1 saturated heterocycles. The first-order valence-electron chi connectivity index (χ1n) is 14.2. The molecule has 0 spiro atoms. The molecule has 0 unspecified atom stereocenters. The molecule has 0 radical (unpaired) electrons. The lowest BCUT2D eigenvalue weighted by atomic mass is 10.0. The topological polar surface area (TPSA) is 66.8 Å². The van der Waals surface area contributed by atoms with Gasteiger partial charge < -0.3 is 24.4 Å². The van der Waals surface area contributed by atoms with Gasteiger partial charge >= 0.3 is 0 Å². The Labute approximate surface area is 245 Å². The van der Waals surface area contributed by atoms with Gasteiger partial charge in [-0.1, -0.05) is 12.1 Å². The monoisotopic (exact) mass is 558 g/mol. The van der Waals surface area contributed by atoms with Gasteiger partial charge in [0.05, 0.1) is 18.7 Å². The number of carbonyl (C=O) groups is 2. The minimum atomic E-state index is -0.144. The van der Waals surface area contributed by atoms with Crippen LogP contribution in [0.1, 0.15) is 26.3 Å². The van der Waals surface area contributed by atoms with Crippen molar-refractivity contribution in [1.82, 2.24) is 4.57 Å². The molecule has 212 valence electrons. The Morgan fingerprint density at radius 2 is 1.45 bits per heavy atom. The Bertz CT molecular complexity index is 1700. The molecule has 6 rings (SSSR count). The molecule has 1 aromatic heterocycles. The van der Waals surface area contributed by atoms with E-state index in [1.807, 2.05) is 122 Å². The Morgan fingerprint density at radius 3 is 2.14 bits per heavy atom. The van der Waals surface area contributed by atoms with Crippen molar-refractivity contribution in [3.8, 4) is 5.69 Å². The minimum absolute atomic E-state index is 0.0957. The number of carbonyl (C=O) groups excluding carboxylic acids is 2. The van der Waals surface area contributed by atoms with Crippen molar-refractivity contribution < 1.29 is 14.3 Å². The van der Waals surface area contributed by atoms with Crippen LogP contribution in [0.15, 0.2) is 103 Å². The molecule has 1 amide bonds. The van der Waals surface area contributed by atoms with Crippen molar-refractivity contribution in [2.45, 2.75) is 6.42 Å². The molecule has 4 aromatic carbocycles. The van der Waals surface area contributed by atoms with E-state index in [-0.39, 0.29) is 11.7 Å². The number of hydrogen-bond donors (Lipinski definition) is 1. The molecular formula is C35H34N4O3. The van der Waals surface area contributed by atoms with Crippen molar-refractivity contribution in [3.63, 3.8) is 0 Å². The third-order valence-corrected chi connectivity index (χ3v) is 7.74. The maximum atomic E-state index is 13.0. The predicted octanol–water partition coefficient (Wildman–Crippen LogP) is 6.21. The second-order valence-electron chi connectivity index (χ2n) is 10.8. The van der Waals surface area contributed by atoms with Crippen molar-refractivity contribution in [2.75, 3.05) is 55.5 Å². The first-order valence-corrected chi connectivity index (χ1v) is 14.2. The summed E-state index contributed by atoms with van der Waals surface area (Å²) in [6.45, 7) is 3.23. The van der Waals surface area contributed by atoms with Crippen LogP contribution in [0.2, 0.25) is 0 Å². The summed E-state index contributed by atoms with van der Waals surface area (Å²) in [5.41, 5.74) is 7.24. The van der Waals surface area contributed by atoms with E-state index < -0.39 is 0 Å². The van der Waals surface area contributed by atoms with Crippen LogP contribution in [0.3, 0.4) is 0 Å². The molecule has 1 aliphatic heterocycles. The molecule has 7 heteroatoms. The van der Waals surface area contributed by atoms with Crippen LogP contribution in [-0.4, -0.2) is 56.7 Å². The Hall–Kier alpha value is -4.88. The standard InChI is InChI=1S/C35H34N4O3/c1-37(2)30-12-5-26(6-13-30)34(40)23-25-3-10-32(11-4-25)39-18-17-27-24-28(7-16-33(27)39)35(41)36-29-8-14-31(15-9-29)38-19-21-42-22-20-38/h3-18,24H,19-23H2,1-2H3,(H,36,41). The molecule has 1 N–H and O–H groups in total. The van der Waals surface area contributed by atoms with Crippen LogP contribution >= 0.6 is 0 Å². The van der Waals surface area contributed by atoms with Gasteiger partial charge in [-0.3, -0.25) is 9.59 Å². The number of morpholine rings is 1. The number of benzene rings is 4. The van der Waals surface area contributed by atoms with Crippen molar-refractivity contribution in [1.29, 1.82) is 0 Å². The molecule has 7 nitrogen and oxygen atoms in total. The number of ether oxygens (including phenoxy) is 1. The summed E-state index contributed by atoms with van der Waals surface area (Å²) in [7, 11) is 3.96. The van der Waals surface area contributed by atoms with E-state index in [1.54, 1.807) is 0 Å². The first kappa shape index (κ1) is 27.3. The fourth-order valence-electron chi connectivity index (χ4n) is 5.30. The van der Waals surface area contributed by atoms with Gasteiger partial charge in [0, 0.05) is 79.1 Å². The van der Waals surface area contributed by atoms with E-state index in [9.17, 15) is 9.59 Å². The second-order valence-corrected chi connectivity index (χ2v) is 10.8. The molecular weight excluding hydrogens is 524 g/mol. The highest BCUT2D eigenvalue weighted by Crippen LogP contribution is 2.24. The molecule has 5 aromatic rings. The third kappa shape index (κ3) is 5.92. The number of aromatic nitrogens is 1. The first-order chi connectivity index (χ1) is 20.4. The van der Waals surface area contributed by atoms with Gasteiger partial charge in [-0.2, -0.15) is 0 Å². The highest BCUT2D eigenvalue weighted by molar-refractivity contribution is 6.06. The average Bonchev–Trinajstić information content (AvgIpc) is 3.46. The number of nitrogens with one attached hydrogen (secondary N) is 1. The SMILES string of the molecule is CN(C)c1ccc(C(=O)Cc2ccc(-n3ccc4cc(C(=O)Nc5ccc(N6CCOCC6)cc5)ccc43)cc2)cc1. The van der Waals surface area contributed by atoms with Gasteiger partial charge in [0.25, 0.3) is 5.91 Å². The Balaban J connectivity index is 1.11. The molecule has 0 aliphatic carbocycles. The number of fused-ring (bicyclic) bond motifs is 1. The number of rotatable bonds is 8. The summed E-state index contributed by atoms with van der Waals surface area (Å²) in [6.07, 6.45) is 2.35. The maximum absolute atomic E-state index is 13.0. The quantitative estimate of drug-likeness (QED) is 0.229. The summed E-state index contributed by atoms with van der Waals surface area (Å²) in [5, 5.41) is 3.99. The highest BCUT2D eigenvalue weighted by atomic mass is 16.5. The summed E-state index contributed by atoms with van der Waals surface area (Å²) in [4.78, 5) is 30.1. The van der Waals surface area contributed by atoms with E-state index >= 15 is 0 Å². The number of anilines is 3. The van der Waals surface area contributed by atoms with Crippen LogP contribution in [0.5, 0.6) is 0 Å². The van der Waals surface area contributed by atoms with Crippen LogP contribution in [0.25, 0.3) is 16.6 Å².